The van der Waals surface area contributed by atoms with Crippen molar-refractivity contribution in [3.63, 3.8) is 0 Å². The predicted molar refractivity (Wildman–Crippen MR) is 129 cm³/mol. The molecule has 0 bridgehead atoms. The number of rotatable bonds is 6. The number of nitrogens with one attached hydrogen (secondary N) is 2. The standard InChI is InChI=1S/C24H26ClFN6/c1-15(25)11-19(16(2)26)21-12-20(18-9-6-10-27-24(18)32-21)31-23-13-22(28-14-29-23)30-17-7-4-3-5-8-17/h6,9-14,17H,3-5,7-8H2,1-2H3,(H2,27,28,29,30,31,32). The topological polar surface area (TPSA) is 75.6 Å². The van der Waals surface area contributed by atoms with Gasteiger partial charge in [-0.25, -0.2) is 24.3 Å². The molecule has 0 aliphatic heterocycles. The molecule has 8 heteroatoms. The van der Waals surface area contributed by atoms with Crippen molar-refractivity contribution < 1.29 is 4.39 Å². The van der Waals surface area contributed by atoms with E-state index in [4.69, 9.17) is 11.6 Å². The van der Waals surface area contributed by atoms with Gasteiger partial charge in [-0.2, -0.15) is 0 Å². The average molecular weight is 453 g/mol. The quantitative estimate of drug-likeness (QED) is 0.403. The first kappa shape index (κ1) is 22.1. The van der Waals surface area contributed by atoms with E-state index in [1.54, 1.807) is 25.3 Å². The number of pyridine rings is 2. The van der Waals surface area contributed by atoms with Crippen molar-refractivity contribution in [2.75, 3.05) is 10.6 Å². The summed E-state index contributed by atoms with van der Waals surface area (Å²) in [4.78, 5) is 17.7. The van der Waals surface area contributed by atoms with E-state index in [0.717, 1.165) is 29.7 Å². The Kier molecular flexibility index (Phi) is 6.95. The second-order valence-electron chi connectivity index (χ2n) is 8.00. The Bertz CT molecular complexity index is 1160. The zero-order valence-electron chi connectivity index (χ0n) is 18.2. The fraction of sp³-hybridized carbons (Fsp3) is 0.333. The van der Waals surface area contributed by atoms with Gasteiger partial charge >= 0.3 is 0 Å². The monoisotopic (exact) mass is 452 g/mol. The van der Waals surface area contributed by atoms with Crippen LogP contribution in [-0.2, 0) is 0 Å². The number of allylic oxidation sites excluding steroid dienone is 4. The third kappa shape index (κ3) is 5.40. The first-order valence-electron chi connectivity index (χ1n) is 10.8. The van der Waals surface area contributed by atoms with E-state index < -0.39 is 0 Å². The van der Waals surface area contributed by atoms with Crippen LogP contribution in [0.3, 0.4) is 0 Å². The van der Waals surface area contributed by atoms with Gasteiger partial charge in [-0.05, 0) is 51.0 Å². The Labute approximate surface area is 192 Å². The molecular weight excluding hydrogens is 427 g/mol. The van der Waals surface area contributed by atoms with Crippen molar-refractivity contribution in [2.24, 2.45) is 0 Å². The van der Waals surface area contributed by atoms with Crippen LogP contribution >= 0.6 is 11.6 Å². The van der Waals surface area contributed by atoms with Gasteiger partial charge < -0.3 is 10.6 Å². The molecule has 0 atom stereocenters. The summed E-state index contributed by atoms with van der Waals surface area (Å²) in [6.45, 7) is 3.08. The molecule has 32 heavy (non-hydrogen) atoms. The molecule has 4 rings (SSSR count). The van der Waals surface area contributed by atoms with Gasteiger partial charge in [-0.3, -0.25) is 0 Å². The molecule has 6 nitrogen and oxygen atoms in total. The number of halogens is 2. The Hall–Kier alpha value is -3.06. The van der Waals surface area contributed by atoms with Crippen molar-refractivity contribution in [3.05, 3.63) is 59.4 Å². The van der Waals surface area contributed by atoms with Gasteiger partial charge in [0.15, 0.2) is 5.65 Å². The average Bonchev–Trinajstić information content (AvgIpc) is 2.78. The molecule has 0 saturated heterocycles. The molecule has 3 aromatic rings. The van der Waals surface area contributed by atoms with Gasteiger partial charge in [-0.15, -0.1) is 0 Å². The van der Waals surface area contributed by atoms with Crippen LogP contribution < -0.4 is 10.6 Å². The minimum Gasteiger partial charge on any atom is -0.367 e. The summed E-state index contributed by atoms with van der Waals surface area (Å²) >= 11 is 6.03. The third-order valence-corrected chi connectivity index (χ3v) is 5.57. The minimum absolute atomic E-state index is 0.315. The van der Waals surface area contributed by atoms with Gasteiger partial charge in [0.1, 0.15) is 23.8 Å². The molecule has 0 spiro atoms. The van der Waals surface area contributed by atoms with E-state index in [9.17, 15) is 4.39 Å². The maximum atomic E-state index is 14.3. The molecule has 2 N–H and O–H groups in total. The zero-order valence-corrected chi connectivity index (χ0v) is 19.0. The lowest BCUT2D eigenvalue weighted by molar-refractivity contribution is 0.462. The number of hydrogen-bond acceptors (Lipinski definition) is 6. The highest BCUT2D eigenvalue weighted by molar-refractivity contribution is 6.29. The van der Waals surface area contributed by atoms with Gasteiger partial charge in [0.25, 0.3) is 0 Å². The van der Waals surface area contributed by atoms with E-state index in [0.29, 0.717) is 33.8 Å². The molecular formula is C24H26ClFN6. The van der Waals surface area contributed by atoms with Gasteiger partial charge in [-0.1, -0.05) is 30.9 Å². The van der Waals surface area contributed by atoms with Crippen LogP contribution in [0.2, 0.25) is 0 Å². The Morgan fingerprint density at radius 1 is 1.09 bits per heavy atom. The van der Waals surface area contributed by atoms with Crippen molar-refractivity contribution in [2.45, 2.75) is 52.0 Å². The maximum absolute atomic E-state index is 14.3. The van der Waals surface area contributed by atoms with Crippen LogP contribution in [0.4, 0.5) is 21.7 Å². The molecule has 1 fully saturated rings. The summed E-state index contributed by atoms with van der Waals surface area (Å²) in [5, 5.41) is 8.12. The summed E-state index contributed by atoms with van der Waals surface area (Å²) in [7, 11) is 0. The molecule has 3 aromatic heterocycles. The first-order chi connectivity index (χ1) is 15.5. The number of aromatic nitrogens is 4. The fourth-order valence-electron chi connectivity index (χ4n) is 3.95. The smallest absolute Gasteiger partial charge is 0.161 e. The van der Waals surface area contributed by atoms with Crippen LogP contribution in [0, 0.1) is 0 Å². The summed E-state index contributed by atoms with van der Waals surface area (Å²) in [6.07, 6.45) is 10.9. The molecule has 0 amide bonds. The SMILES string of the molecule is CC(Cl)=CC(=C(C)F)c1cc(Nc2cc(NC3CCCCC3)ncn2)c2cccnc2n1. The predicted octanol–water partition coefficient (Wildman–Crippen LogP) is 6.75. The highest BCUT2D eigenvalue weighted by Crippen LogP contribution is 2.31. The molecule has 1 aliphatic rings. The number of hydrogen-bond donors (Lipinski definition) is 2. The third-order valence-electron chi connectivity index (χ3n) is 5.46. The molecule has 3 heterocycles. The van der Waals surface area contributed by atoms with E-state index in [2.05, 4.69) is 30.6 Å². The van der Waals surface area contributed by atoms with Crippen LogP contribution in [-0.4, -0.2) is 26.0 Å². The molecule has 0 radical (unpaired) electrons. The van der Waals surface area contributed by atoms with Crippen molar-refractivity contribution >= 4 is 45.5 Å². The lowest BCUT2D eigenvalue weighted by Crippen LogP contribution is -2.22. The van der Waals surface area contributed by atoms with Gasteiger partial charge in [0.05, 0.1) is 11.4 Å². The summed E-state index contributed by atoms with van der Waals surface area (Å²) in [5.41, 5.74) is 1.98. The van der Waals surface area contributed by atoms with E-state index in [-0.39, 0.29) is 5.83 Å². The molecule has 166 valence electrons. The van der Waals surface area contributed by atoms with Crippen LogP contribution in [0.5, 0.6) is 0 Å². The highest BCUT2D eigenvalue weighted by atomic mass is 35.5. The Morgan fingerprint density at radius 2 is 1.88 bits per heavy atom. The molecule has 1 saturated carbocycles. The van der Waals surface area contributed by atoms with E-state index >= 15 is 0 Å². The van der Waals surface area contributed by atoms with Crippen molar-refractivity contribution in [3.8, 4) is 0 Å². The Morgan fingerprint density at radius 3 is 2.62 bits per heavy atom. The van der Waals surface area contributed by atoms with Crippen LogP contribution in [0.15, 0.2) is 53.7 Å². The van der Waals surface area contributed by atoms with Gasteiger partial charge in [0, 0.05) is 34.3 Å². The number of anilines is 3. The normalized spacial score (nSPS) is 16.1. The Balaban J connectivity index is 1.69. The summed E-state index contributed by atoms with van der Waals surface area (Å²) in [6, 6.07) is 7.87. The first-order valence-corrected chi connectivity index (χ1v) is 11.2. The highest BCUT2D eigenvalue weighted by Gasteiger charge is 2.15. The molecule has 1 aliphatic carbocycles. The number of nitrogens with zero attached hydrogens (tertiary/aromatic N) is 4. The fourth-order valence-corrected chi connectivity index (χ4v) is 4.06. The largest absolute Gasteiger partial charge is 0.367 e. The second kappa shape index (κ2) is 10.0. The zero-order chi connectivity index (χ0) is 22.5. The minimum atomic E-state index is -0.375. The van der Waals surface area contributed by atoms with Crippen molar-refractivity contribution in [1.29, 1.82) is 0 Å². The maximum Gasteiger partial charge on any atom is 0.161 e. The van der Waals surface area contributed by atoms with Crippen LogP contribution in [0.25, 0.3) is 16.6 Å². The van der Waals surface area contributed by atoms with E-state index in [1.807, 2.05) is 18.2 Å². The molecule has 0 aromatic carbocycles. The van der Waals surface area contributed by atoms with Gasteiger partial charge in [0.2, 0.25) is 0 Å². The van der Waals surface area contributed by atoms with Crippen LogP contribution in [0.1, 0.15) is 51.6 Å². The second-order valence-corrected chi connectivity index (χ2v) is 8.60. The molecule has 0 unspecified atom stereocenters. The lowest BCUT2D eigenvalue weighted by atomic mass is 9.95. The lowest BCUT2D eigenvalue weighted by Gasteiger charge is -2.23. The number of fused-ring (bicyclic) bond motifs is 1. The summed E-state index contributed by atoms with van der Waals surface area (Å²) < 4.78 is 14.3. The summed E-state index contributed by atoms with van der Waals surface area (Å²) in [5.74, 6) is 1.04. The van der Waals surface area contributed by atoms with Crippen molar-refractivity contribution in [1.82, 2.24) is 19.9 Å². The van der Waals surface area contributed by atoms with E-state index in [1.165, 1.54) is 32.5 Å².